The number of unbranched alkanes of at least 4 members (excludes halogenated alkanes) is 1. The van der Waals surface area contributed by atoms with Crippen LogP contribution in [-0.2, 0) is 0 Å². The molecular weight excluding hydrogens is 362 g/mol. The van der Waals surface area contributed by atoms with Gasteiger partial charge in [-0.1, -0.05) is 18.2 Å². The first-order valence-electron chi connectivity index (χ1n) is 10.4. The van der Waals surface area contributed by atoms with Crippen LogP contribution in [-0.4, -0.2) is 66.2 Å². The quantitative estimate of drug-likeness (QED) is 0.572. The zero-order valence-corrected chi connectivity index (χ0v) is 17.0. The smallest absolute Gasteiger partial charge is 0.172 e. The average Bonchev–Trinajstić information content (AvgIpc) is 2.77. The molecule has 152 valence electrons. The largest absolute Gasteiger partial charge is 0.370 e. The van der Waals surface area contributed by atoms with E-state index in [2.05, 4.69) is 32.5 Å². The number of pyridine rings is 1. The first kappa shape index (κ1) is 19.4. The van der Waals surface area contributed by atoms with Gasteiger partial charge < -0.3 is 20.4 Å². The van der Waals surface area contributed by atoms with Crippen molar-refractivity contribution in [2.24, 2.45) is 0 Å². The van der Waals surface area contributed by atoms with E-state index in [4.69, 9.17) is 9.97 Å². The van der Waals surface area contributed by atoms with E-state index >= 15 is 0 Å². The Hall–Kier alpha value is -2.93. The van der Waals surface area contributed by atoms with Crippen molar-refractivity contribution in [3.05, 3.63) is 48.7 Å². The number of benzene rings is 1. The second kappa shape index (κ2) is 9.52. The van der Waals surface area contributed by atoms with Crippen LogP contribution in [0.1, 0.15) is 12.8 Å². The molecule has 0 spiro atoms. The van der Waals surface area contributed by atoms with Gasteiger partial charge in [0, 0.05) is 45.5 Å². The van der Waals surface area contributed by atoms with Crippen LogP contribution in [0, 0.1) is 0 Å². The fourth-order valence-corrected chi connectivity index (χ4v) is 3.49. The van der Waals surface area contributed by atoms with Crippen LogP contribution in [0.5, 0.6) is 0 Å². The Balaban J connectivity index is 1.37. The molecular formula is C22H29N7. The van der Waals surface area contributed by atoms with Gasteiger partial charge in [0.1, 0.15) is 5.82 Å². The summed E-state index contributed by atoms with van der Waals surface area (Å²) < 4.78 is 0. The molecule has 0 atom stereocenters. The molecule has 0 unspecified atom stereocenters. The summed E-state index contributed by atoms with van der Waals surface area (Å²) in [5, 5.41) is 6.90. The van der Waals surface area contributed by atoms with E-state index in [1.165, 1.54) is 0 Å². The first-order chi connectivity index (χ1) is 14.3. The molecule has 7 heteroatoms. The zero-order valence-electron chi connectivity index (χ0n) is 17.0. The number of aromatic nitrogens is 3. The monoisotopic (exact) mass is 391 g/mol. The average molecular weight is 392 g/mol. The van der Waals surface area contributed by atoms with Gasteiger partial charge in [-0.3, -0.25) is 0 Å². The van der Waals surface area contributed by atoms with Crippen molar-refractivity contribution in [2.45, 2.75) is 12.8 Å². The molecule has 1 saturated heterocycles. The maximum absolute atomic E-state index is 4.94. The number of nitrogens with one attached hydrogen (secondary N) is 2. The molecule has 0 aliphatic carbocycles. The number of fused-ring (bicyclic) bond motifs is 1. The molecule has 1 aliphatic rings. The fourth-order valence-electron chi connectivity index (χ4n) is 3.49. The highest BCUT2D eigenvalue weighted by Crippen LogP contribution is 2.26. The maximum Gasteiger partial charge on any atom is 0.172 e. The number of anilines is 3. The molecule has 29 heavy (non-hydrogen) atoms. The van der Waals surface area contributed by atoms with Crippen molar-refractivity contribution in [2.75, 3.05) is 61.8 Å². The summed E-state index contributed by atoms with van der Waals surface area (Å²) in [5.74, 6) is 2.80. The van der Waals surface area contributed by atoms with E-state index in [0.717, 1.165) is 80.6 Å². The number of piperazine rings is 1. The second-order valence-corrected chi connectivity index (χ2v) is 7.45. The summed E-state index contributed by atoms with van der Waals surface area (Å²) >= 11 is 0. The molecule has 1 aliphatic heterocycles. The summed E-state index contributed by atoms with van der Waals surface area (Å²) in [7, 11) is 2.17. The SMILES string of the molecule is CN1CCN(c2nc3ccccc3nc2NCCCCNc2ccccn2)CC1. The van der Waals surface area contributed by atoms with Gasteiger partial charge in [-0.15, -0.1) is 0 Å². The molecule has 0 amide bonds. The van der Waals surface area contributed by atoms with Crippen LogP contribution in [0.25, 0.3) is 11.0 Å². The van der Waals surface area contributed by atoms with Crippen LogP contribution in [0.4, 0.5) is 17.5 Å². The summed E-state index contributed by atoms with van der Waals surface area (Å²) in [4.78, 5) is 18.8. The van der Waals surface area contributed by atoms with Gasteiger partial charge in [0.05, 0.1) is 11.0 Å². The highest BCUT2D eigenvalue weighted by molar-refractivity contribution is 5.80. The van der Waals surface area contributed by atoms with E-state index in [-0.39, 0.29) is 0 Å². The van der Waals surface area contributed by atoms with Gasteiger partial charge in [0.15, 0.2) is 11.6 Å². The summed E-state index contributed by atoms with van der Waals surface area (Å²) in [6.07, 6.45) is 3.92. The Morgan fingerprint density at radius 3 is 2.24 bits per heavy atom. The van der Waals surface area contributed by atoms with E-state index in [9.17, 15) is 0 Å². The van der Waals surface area contributed by atoms with Crippen LogP contribution in [0.15, 0.2) is 48.7 Å². The molecule has 3 aromatic rings. The lowest BCUT2D eigenvalue weighted by Crippen LogP contribution is -2.45. The van der Waals surface area contributed by atoms with Crippen molar-refractivity contribution in [3.63, 3.8) is 0 Å². The van der Waals surface area contributed by atoms with Gasteiger partial charge in [-0.2, -0.15) is 0 Å². The molecule has 0 saturated carbocycles. The summed E-state index contributed by atoms with van der Waals surface area (Å²) in [6.45, 7) is 5.84. The molecule has 4 rings (SSSR count). The molecule has 2 N–H and O–H groups in total. The minimum Gasteiger partial charge on any atom is -0.370 e. The number of hydrogen-bond donors (Lipinski definition) is 2. The van der Waals surface area contributed by atoms with Gasteiger partial charge in [-0.05, 0) is 44.2 Å². The molecule has 3 heterocycles. The zero-order chi connectivity index (χ0) is 19.9. The Bertz CT molecular complexity index is 907. The van der Waals surface area contributed by atoms with Gasteiger partial charge >= 0.3 is 0 Å². The highest BCUT2D eigenvalue weighted by Gasteiger charge is 2.20. The molecule has 0 radical (unpaired) electrons. The van der Waals surface area contributed by atoms with Crippen molar-refractivity contribution < 1.29 is 0 Å². The Morgan fingerprint density at radius 1 is 0.828 bits per heavy atom. The molecule has 1 aromatic carbocycles. The standard InChI is InChI=1S/C22H29N7/c1-28-14-16-29(17-15-28)22-21(26-18-8-2-3-9-19(18)27-22)25-13-7-6-12-24-20-10-4-5-11-23-20/h2-5,8-11H,6-7,12-17H2,1H3,(H,23,24)(H,25,26). The lowest BCUT2D eigenvalue weighted by Gasteiger charge is -2.34. The predicted molar refractivity (Wildman–Crippen MR) is 120 cm³/mol. The lowest BCUT2D eigenvalue weighted by molar-refractivity contribution is 0.312. The summed E-state index contributed by atoms with van der Waals surface area (Å²) in [5.41, 5.74) is 1.89. The number of rotatable bonds is 8. The van der Waals surface area contributed by atoms with Gasteiger partial charge in [0.25, 0.3) is 0 Å². The Labute approximate surface area is 172 Å². The van der Waals surface area contributed by atoms with Crippen LogP contribution >= 0.6 is 0 Å². The number of hydrogen-bond acceptors (Lipinski definition) is 7. The van der Waals surface area contributed by atoms with Crippen LogP contribution in [0.2, 0.25) is 0 Å². The van der Waals surface area contributed by atoms with Gasteiger partial charge in [-0.25, -0.2) is 15.0 Å². The van der Waals surface area contributed by atoms with Crippen LogP contribution < -0.4 is 15.5 Å². The number of nitrogens with zero attached hydrogens (tertiary/aromatic N) is 5. The van der Waals surface area contributed by atoms with Crippen molar-refractivity contribution in [3.8, 4) is 0 Å². The van der Waals surface area contributed by atoms with E-state index in [1.54, 1.807) is 0 Å². The van der Waals surface area contributed by atoms with E-state index < -0.39 is 0 Å². The van der Waals surface area contributed by atoms with E-state index in [0.29, 0.717) is 0 Å². The normalized spacial score (nSPS) is 14.9. The Morgan fingerprint density at radius 2 is 1.52 bits per heavy atom. The number of likely N-dealkylation sites (N-methyl/N-ethyl adjacent to an activating group) is 1. The highest BCUT2D eigenvalue weighted by atomic mass is 15.3. The molecule has 1 fully saturated rings. The van der Waals surface area contributed by atoms with Gasteiger partial charge in [0.2, 0.25) is 0 Å². The van der Waals surface area contributed by atoms with Crippen molar-refractivity contribution in [1.82, 2.24) is 19.9 Å². The van der Waals surface area contributed by atoms with Crippen molar-refractivity contribution in [1.29, 1.82) is 0 Å². The minimum absolute atomic E-state index is 0.873. The third-order valence-corrected chi connectivity index (χ3v) is 5.22. The second-order valence-electron chi connectivity index (χ2n) is 7.45. The van der Waals surface area contributed by atoms with Crippen molar-refractivity contribution >= 4 is 28.5 Å². The third kappa shape index (κ3) is 5.12. The molecule has 7 nitrogen and oxygen atoms in total. The topological polar surface area (TPSA) is 69.2 Å². The van der Waals surface area contributed by atoms with E-state index in [1.807, 2.05) is 48.7 Å². The first-order valence-corrected chi connectivity index (χ1v) is 10.4. The predicted octanol–water partition coefficient (Wildman–Crippen LogP) is 3.08. The summed E-state index contributed by atoms with van der Waals surface area (Å²) in [6, 6.07) is 14.0. The maximum atomic E-state index is 4.94. The minimum atomic E-state index is 0.873. The fraction of sp³-hybridized carbons (Fsp3) is 0.409. The number of para-hydroxylation sites is 2. The molecule has 0 bridgehead atoms. The lowest BCUT2D eigenvalue weighted by atomic mass is 10.2. The van der Waals surface area contributed by atoms with Crippen LogP contribution in [0.3, 0.4) is 0 Å². The Kier molecular flexibility index (Phi) is 6.36. The third-order valence-electron chi connectivity index (χ3n) is 5.22. The molecule has 2 aromatic heterocycles.